The summed E-state index contributed by atoms with van der Waals surface area (Å²) >= 11 is 0. The maximum Gasteiger partial charge on any atom is 0.410 e. The molecule has 0 atom stereocenters. The van der Waals surface area contributed by atoms with Gasteiger partial charge in [0, 0.05) is 49.6 Å². The van der Waals surface area contributed by atoms with Crippen LogP contribution in [0.15, 0.2) is 128 Å². The number of imidazole rings is 1. The smallest absolute Gasteiger partial charge is 0.410 e. The van der Waals surface area contributed by atoms with Gasteiger partial charge in [0.1, 0.15) is 6.61 Å². The minimum atomic E-state index is -0.823. The van der Waals surface area contributed by atoms with Gasteiger partial charge in [-0.15, -0.1) is 0 Å². The molecule has 0 spiro atoms. The third-order valence-electron chi connectivity index (χ3n) is 9.54. The molecule has 1 aliphatic rings. The predicted molar refractivity (Wildman–Crippen MR) is 200 cm³/mol. The van der Waals surface area contributed by atoms with Crippen LogP contribution < -0.4 is 5.32 Å². The van der Waals surface area contributed by atoms with Crippen LogP contribution >= 0.6 is 0 Å². The number of amides is 2. The number of hydrogen-bond acceptors (Lipinski definition) is 6. The van der Waals surface area contributed by atoms with Gasteiger partial charge in [0.05, 0.1) is 23.2 Å². The number of nitrogens with zero attached hydrogens (tertiary/aromatic N) is 4. The van der Waals surface area contributed by atoms with Gasteiger partial charge in [-0.05, 0) is 58.0 Å². The highest BCUT2D eigenvalue weighted by Crippen LogP contribution is 2.44. The Morgan fingerprint density at radius 1 is 0.885 bits per heavy atom. The molecule has 0 radical (unpaired) electrons. The number of carbonyl (C=O) groups excluding carboxylic acids is 2. The van der Waals surface area contributed by atoms with Gasteiger partial charge >= 0.3 is 6.09 Å². The van der Waals surface area contributed by atoms with Crippen LogP contribution in [0.4, 0.5) is 10.5 Å². The summed E-state index contributed by atoms with van der Waals surface area (Å²) in [4.78, 5) is 44.1. The number of nitro benzene ring substituents is 1. The second kappa shape index (κ2) is 14.5. The molecule has 1 aromatic heterocycles. The highest BCUT2D eigenvalue weighted by Gasteiger charge is 2.32. The monoisotopic (exact) mass is 693 g/mol. The van der Waals surface area contributed by atoms with Gasteiger partial charge in [-0.2, -0.15) is 0 Å². The number of nitrogens with one attached hydrogen (secondary N) is 1. The zero-order valence-corrected chi connectivity index (χ0v) is 29.1. The molecule has 5 aromatic carbocycles. The van der Waals surface area contributed by atoms with E-state index in [0.29, 0.717) is 18.8 Å². The molecule has 0 saturated carbocycles. The van der Waals surface area contributed by atoms with Crippen molar-refractivity contribution in [3.63, 3.8) is 0 Å². The number of carbonyl (C=O) groups is 2. The average Bonchev–Trinajstić information content (AvgIpc) is 3.71. The van der Waals surface area contributed by atoms with Crippen LogP contribution in [0.3, 0.4) is 0 Å². The lowest BCUT2D eigenvalue weighted by Crippen LogP contribution is -2.53. The summed E-state index contributed by atoms with van der Waals surface area (Å²) in [6.45, 7) is 4.87. The van der Waals surface area contributed by atoms with E-state index in [1.165, 1.54) is 12.1 Å². The maximum absolute atomic E-state index is 14.1. The first-order valence-corrected chi connectivity index (χ1v) is 17.2. The number of ether oxygens (including phenoxy) is 1. The topological polar surface area (TPSA) is 120 Å². The van der Waals surface area contributed by atoms with E-state index in [9.17, 15) is 19.7 Å². The molecule has 0 unspecified atom stereocenters. The molecule has 6 aromatic rings. The molecule has 2 amide bonds. The van der Waals surface area contributed by atoms with Crippen molar-refractivity contribution < 1.29 is 19.2 Å². The molecule has 262 valence electrons. The van der Waals surface area contributed by atoms with E-state index in [0.717, 1.165) is 44.2 Å². The number of fused-ring (bicyclic) bond motifs is 4. The number of rotatable bonds is 12. The quantitative estimate of drug-likeness (QED) is 0.103. The highest BCUT2D eigenvalue weighted by atomic mass is 16.6. The molecule has 52 heavy (non-hydrogen) atoms. The summed E-state index contributed by atoms with van der Waals surface area (Å²) in [5.74, 6) is -0.313. The van der Waals surface area contributed by atoms with Crippen LogP contribution in [0.1, 0.15) is 47.7 Å². The molecule has 0 saturated heterocycles. The Bertz CT molecular complexity index is 2210. The fraction of sp³-hybridized carbons (Fsp3) is 0.214. The lowest BCUT2D eigenvalue weighted by atomic mass is 9.98. The summed E-state index contributed by atoms with van der Waals surface area (Å²) in [7, 11) is 0. The van der Waals surface area contributed by atoms with Crippen molar-refractivity contribution in [1.82, 2.24) is 19.8 Å². The first kappa shape index (κ1) is 34.2. The van der Waals surface area contributed by atoms with Crippen molar-refractivity contribution in [2.24, 2.45) is 0 Å². The van der Waals surface area contributed by atoms with Crippen molar-refractivity contribution in [2.45, 2.75) is 44.8 Å². The first-order chi connectivity index (χ1) is 25.1. The Hall–Kier alpha value is -6.29. The number of non-ortho nitro benzene ring substituents is 1. The van der Waals surface area contributed by atoms with E-state index in [4.69, 9.17) is 4.74 Å². The largest absolute Gasteiger partial charge is 0.448 e. The SMILES string of the molecule is CC(C)(CN(Cc1cccc2ccccc12)C(=O)OCC1c2ccccc2-c2ccccc21)NC(=O)Cc1cncn1Cc1ccc([N+](=O)[O-])cc1. The molecule has 0 fully saturated rings. The van der Waals surface area contributed by atoms with Crippen LogP contribution in [0.5, 0.6) is 0 Å². The Morgan fingerprint density at radius 2 is 1.54 bits per heavy atom. The van der Waals surface area contributed by atoms with Crippen LogP contribution in [-0.4, -0.2) is 50.1 Å². The summed E-state index contributed by atoms with van der Waals surface area (Å²) in [6, 6.07) is 36.9. The molecule has 1 N–H and O–H groups in total. The summed E-state index contributed by atoms with van der Waals surface area (Å²) in [5, 5.41) is 16.3. The Labute approximate surface area is 301 Å². The minimum absolute atomic E-state index is 0.0174. The molecular weight excluding hydrogens is 654 g/mol. The maximum atomic E-state index is 14.1. The fourth-order valence-corrected chi connectivity index (χ4v) is 7.17. The van der Waals surface area contributed by atoms with Gasteiger partial charge in [-0.3, -0.25) is 14.9 Å². The van der Waals surface area contributed by atoms with E-state index in [2.05, 4.69) is 34.6 Å². The van der Waals surface area contributed by atoms with Crippen molar-refractivity contribution in [3.05, 3.63) is 166 Å². The zero-order valence-electron chi connectivity index (χ0n) is 29.1. The highest BCUT2D eigenvalue weighted by molar-refractivity contribution is 5.86. The van der Waals surface area contributed by atoms with Crippen LogP contribution in [-0.2, 0) is 29.0 Å². The molecule has 0 bridgehead atoms. The van der Waals surface area contributed by atoms with Crippen molar-refractivity contribution >= 4 is 28.5 Å². The van der Waals surface area contributed by atoms with Crippen LogP contribution in [0, 0.1) is 10.1 Å². The standard InChI is InChI=1S/C42H39N5O5/c1-42(2,44-40(48)22-33-23-43-28-46(33)24-29-18-20-32(21-19-29)47(50)51)27-45(25-31-12-9-11-30-10-3-4-13-34(30)31)41(49)52-26-39-37-16-7-5-14-35(37)36-15-6-8-17-38(36)39/h3-21,23,28,39H,22,24-27H2,1-2H3,(H,44,48). The molecular formula is C42H39N5O5. The van der Waals surface area contributed by atoms with Crippen LogP contribution in [0.2, 0.25) is 0 Å². The predicted octanol–water partition coefficient (Wildman–Crippen LogP) is 7.88. The van der Waals surface area contributed by atoms with E-state index in [-0.39, 0.29) is 37.1 Å². The Kier molecular flexibility index (Phi) is 9.54. The summed E-state index contributed by atoms with van der Waals surface area (Å²) < 4.78 is 7.98. The van der Waals surface area contributed by atoms with Crippen molar-refractivity contribution in [3.8, 4) is 11.1 Å². The van der Waals surface area contributed by atoms with Gasteiger partial charge in [0.25, 0.3) is 5.69 Å². The molecule has 7 rings (SSSR count). The summed E-state index contributed by atoms with van der Waals surface area (Å²) in [6.07, 6.45) is 2.88. The molecule has 1 heterocycles. The number of aromatic nitrogens is 2. The third kappa shape index (κ3) is 7.41. The van der Waals surface area contributed by atoms with Gasteiger partial charge in [0.2, 0.25) is 5.91 Å². The first-order valence-electron chi connectivity index (χ1n) is 17.2. The van der Waals surface area contributed by atoms with Crippen LogP contribution in [0.25, 0.3) is 21.9 Å². The lowest BCUT2D eigenvalue weighted by Gasteiger charge is -2.33. The van der Waals surface area contributed by atoms with Crippen molar-refractivity contribution in [1.29, 1.82) is 0 Å². The minimum Gasteiger partial charge on any atom is -0.448 e. The Morgan fingerprint density at radius 3 is 2.25 bits per heavy atom. The molecule has 10 heteroatoms. The van der Waals surface area contributed by atoms with E-state index >= 15 is 0 Å². The normalized spacial score (nSPS) is 12.3. The second-order valence-electron chi connectivity index (χ2n) is 13.8. The zero-order chi connectivity index (χ0) is 36.2. The van der Waals surface area contributed by atoms with Crippen molar-refractivity contribution in [2.75, 3.05) is 13.2 Å². The van der Waals surface area contributed by atoms with Gasteiger partial charge < -0.3 is 19.5 Å². The second-order valence-corrected chi connectivity index (χ2v) is 13.8. The molecule has 10 nitrogen and oxygen atoms in total. The Balaban J connectivity index is 1.07. The van der Waals surface area contributed by atoms with E-state index < -0.39 is 16.6 Å². The molecule has 1 aliphatic carbocycles. The third-order valence-corrected chi connectivity index (χ3v) is 9.54. The van der Waals surface area contributed by atoms with Gasteiger partial charge in [-0.25, -0.2) is 9.78 Å². The number of hydrogen-bond donors (Lipinski definition) is 1. The summed E-state index contributed by atoms with van der Waals surface area (Å²) in [5.41, 5.74) is 6.29. The van der Waals surface area contributed by atoms with Gasteiger partial charge in [-0.1, -0.05) is 103 Å². The fourth-order valence-electron chi connectivity index (χ4n) is 7.17. The van der Waals surface area contributed by atoms with Gasteiger partial charge in [0.15, 0.2) is 0 Å². The lowest BCUT2D eigenvalue weighted by molar-refractivity contribution is -0.384. The number of nitro groups is 1. The molecule has 0 aliphatic heterocycles. The van der Waals surface area contributed by atoms with E-state index in [1.54, 1.807) is 29.6 Å². The average molecular weight is 694 g/mol. The number of benzene rings is 5. The van der Waals surface area contributed by atoms with E-state index in [1.807, 2.05) is 85.1 Å².